The molecule has 0 amide bonds. The number of para-hydroxylation sites is 1. The molecule has 4 aromatic rings. The number of carbonyl (C=O) groups is 1. The summed E-state index contributed by atoms with van der Waals surface area (Å²) in [5.74, 6) is 2.21. The first kappa shape index (κ1) is 19.3. The molecule has 1 fully saturated rings. The number of nitrogens with zero attached hydrogens (tertiary/aromatic N) is 2. The molecule has 2 heterocycles. The van der Waals surface area contributed by atoms with Crippen molar-refractivity contribution in [1.29, 1.82) is 0 Å². The van der Waals surface area contributed by atoms with Gasteiger partial charge in [-0.3, -0.25) is 4.79 Å². The number of hydrogen-bond acceptors (Lipinski definition) is 4. The number of hydrogen-bond donors (Lipinski definition) is 2. The molecule has 7 heteroatoms. The number of rotatable bonds is 3. The third-order valence-electron chi connectivity index (χ3n) is 5.70. The van der Waals surface area contributed by atoms with E-state index in [2.05, 4.69) is 10.3 Å². The van der Waals surface area contributed by atoms with E-state index in [9.17, 15) is 4.79 Å². The number of aromatic nitrogens is 3. The van der Waals surface area contributed by atoms with Gasteiger partial charge in [-0.15, -0.1) is 0 Å². The quantitative estimate of drug-likeness (QED) is 0.345. The maximum absolute atomic E-state index is 11.8. The van der Waals surface area contributed by atoms with Gasteiger partial charge in [0.15, 0.2) is 5.82 Å². The van der Waals surface area contributed by atoms with Crippen LogP contribution in [0.1, 0.15) is 43.8 Å². The molecule has 1 aliphatic carbocycles. The second-order valence-corrected chi connectivity index (χ2v) is 8.56. The normalized spacial score (nSPS) is 17.4. The van der Waals surface area contributed by atoms with E-state index in [4.69, 9.17) is 33.2 Å². The highest BCUT2D eigenvalue weighted by molar-refractivity contribution is 6.42. The van der Waals surface area contributed by atoms with Gasteiger partial charge in [-0.1, -0.05) is 41.4 Å². The smallest absolute Gasteiger partial charge is 0.157 e. The van der Waals surface area contributed by atoms with Crippen molar-refractivity contribution in [2.45, 2.75) is 38.0 Å². The summed E-state index contributed by atoms with van der Waals surface area (Å²) in [6.45, 7) is 0. The number of imidazole rings is 1. The lowest BCUT2D eigenvalue weighted by molar-refractivity contribution is -0.118. The van der Waals surface area contributed by atoms with E-state index in [0.717, 1.165) is 52.7 Å². The highest BCUT2D eigenvalue weighted by atomic mass is 35.5. The Kier molecular flexibility index (Phi) is 5.09. The number of nitrogens with one attached hydrogen (secondary N) is 2. The van der Waals surface area contributed by atoms with Crippen LogP contribution >= 0.6 is 23.2 Å². The molecule has 5 nitrogen and oxygen atoms in total. The second kappa shape index (κ2) is 7.89. The fourth-order valence-corrected chi connectivity index (χ4v) is 4.42. The Hall–Kier alpha value is -2.63. The number of aromatic amines is 1. The number of benzene rings is 2. The van der Waals surface area contributed by atoms with E-state index >= 15 is 0 Å². The van der Waals surface area contributed by atoms with Crippen molar-refractivity contribution in [1.82, 2.24) is 15.0 Å². The minimum atomic E-state index is 0.250. The average molecular weight is 439 g/mol. The van der Waals surface area contributed by atoms with Crippen LogP contribution in [0, 0.1) is 0 Å². The largest absolute Gasteiger partial charge is 0.339 e. The van der Waals surface area contributed by atoms with Crippen LogP contribution in [-0.2, 0) is 4.79 Å². The summed E-state index contributed by atoms with van der Waals surface area (Å²) in [5.41, 5.74) is 3.39. The summed E-state index contributed by atoms with van der Waals surface area (Å²) in [7, 11) is 0. The van der Waals surface area contributed by atoms with Gasteiger partial charge in [0, 0.05) is 29.8 Å². The molecule has 1 unspecified atom stereocenters. The Morgan fingerprint density at radius 1 is 1.00 bits per heavy atom. The van der Waals surface area contributed by atoms with E-state index in [1.807, 2.05) is 30.3 Å². The topological polar surface area (TPSA) is 70.7 Å². The van der Waals surface area contributed by atoms with E-state index in [1.54, 1.807) is 12.1 Å². The lowest BCUT2D eigenvalue weighted by Gasteiger charge is -2.10. The number of anilines is 2. The van der Waals surface area contributed by atoms with Crippen LogP contribution in [0.25, 0.3) is 21.9 Å². The highest BCUT2D eigenvalue weighted by Crippen LogP contribution is 2.35. The molecule has 5 rings (SSSR count). The molecule has 152 valence electrons. The third kappa shape index (κ3) is 3.64. The predicted octanol–water partition coefficient (Wildman–Crippen LogP) is 6.78. The SMILES string of the molecule is O=C1CCCC(c2nc3c([nH]2)c(Nc2ccc(Cl)c(Cl)c2)nc2ccccc23)CC1. The van der Waals surface area contributed by atoms with Gasteiger partial charge >= 0.3 is 0 Å². The molecule has 2 aromatic carbocycles. The summed E-state index contributed by atoms with van der Waals surface area (Å²) in [6.07, 6.45) is 4.00. The molecule has 0 saturated heterocycles. The Labute approximate surface area is 183 Å². The van der Waals surface area contributed by atoms with Crippen molar-refractivity contribution in [2.24, 2.45) is 0 Å². The zero-order valence-corrected chi connectivity index (χ0v) is 17.7. The Balaban J connectivity index is 1.62. The molecule has 0 radical (unpaired) electrons. The minimum Gasteiger partial charge on any atom is -0.339 e. The van der Waals surface area contributed by atoms with Crippen LogP contribution < -0.4 is 5.32 Å². The zero-order chi connectivity index (χ0) is 20.7. The van der Waals surface area contributed by atoms with Gasteiger partial charge in [-0.05, 0) is 43.5 Å². The van der Waals surface area contributed by atoms with Crippen LogP contribution in [0.3, 0.4) is 0 Å². The Morgan fingerprint density at radius 3 is 2.73 bits per heavy atom. The molecule has 0 aliphatic heterocycles. The summed E-state index contributed by atoms with van der Waals surface area (Å²) in [6, 6.07) is 13.4. The van der Waals surface area contributed by atoms with Gasteiger partial charge in [0.05, 0.1) is 15.6 Å². The first-order chi connectivity index (χ1) is 14.6. The van der Waals surface area contributed by atoms with Crippen molar-refractivity contribution in [2.75, 3.05) is 5.32 Å². The number of fused-ring (bicyclic) bond motifs is 3. The van der Waals surface area contributed by atoms with Crippen molar-refractivity contribution >= 4 is 62.4 Å². The number of halogens is 2. The van der Waals surface area contributed by atoms with Crippen molar-refractivity contribution in [3.8, 4) is 0 Å². The molecule has 2 aromatic heterocycles. The summed E-state index contributed by atoms with van der Waals surface area (Å²) < 4.78 is 0. The molecule has 30 heavy (non-hydrogen) atoms. The van der Waals surface area contributed by atoms with Gasteiger partial charge in [0.1, 0.15) is 22.6 Å². The average Bonchev–Trinajstić information content (AvgIpc) is 3.08. The van der Waals surface area contributed by atoms with E-state index in [0.29, 0.717) is 34.5 Å². The first-order valence-electron chi connectivity index (χ1n) is 10.1. The molecule has 2 N–H and O–H groups in total. The first-order valence-corrected chi connectivity index (χ1v) is 10.9. The Morgan fingerprint density at radius 2 is 1.87 bits per heavy atom. The zero-order valence-electron chi connectivity index (χ0n) is 16.2. The number of H-pyrrole nitrogens is 1. The third-order valence-corrected chi connectivity index (χ3v) is 6.44. The monoisotopic (exact) mass is 438 g/mol. The van der Waals surface area contributed by atoms with E-state index in [1.165, 1.54) is 0 Å². The molecule has 1 aliphatic rings. The maximum Gasteiger partial charge on any atom is 0.157 e. The summed E-state index contributed by atoms with van der Waals surface area (Å²) in [4.78, 5) is 25.2. The molecule has 0 spiro atoms. The Bertz CT molecular complexity index is 1270. The summed E-state index contributed by atoms with van der Waals surface area (Å²) >= 11 is 12.2. The fraction of sp³-hybridized carbons (Fsp3) is 0.261. The summed E-state index contributed by atoms with van der Waals surface area (Å²) in [5, 5.41) is 5.35. The van der Waals surface area contributed by atoms with Gasteiger partial charge in [-0.25, -0.2) is 9.97 Å². The van der Waals surface area contributed by atoms with E-state index in [-0.39, 0.29) is 5.92 Å². The molecule has 0 bridgehead atoms. The lowest BCUT2D eigenvalue weighted by Crippen LogP contribution is -2.00. The minimum absolute atomic E-state index is 0.250. The van der Waals surface area contributed by atoms with Crippen molar-refractivity contribution < 1.29 is 4.79 Å². The molecular formula is C23H20Cl2N4O. The van der Waals surface area contributed by atoms with Crippen LogP contribution in [0.15, 0.2) is 42.5 Å². The highest BCUT2D eigenvalue weighted by Gasteiger charge is 2.23. The molecular weight excluding hydrogens is 419 g/mol. The molecule has 1 saturated carbocycles. The van der Waals surface area contributed by atoms with Gasteiger partial charge in [-0.2, -0.15) is 0 Å². The fourth-order valence-electron chi connectivity index (χ4n) is 4.12. The van der Waals surface area contributed by atoms with Gasteiger partial charge in [0.2, 0.25) is 0 Å². The standard InChI is InChI=1S/C23H20Cl2N4O/c24-17-11-9-14(12-18(17)25)26-23-21-20(16-6-1-2-7-19(16)27-23)28-22(29-21)13-4-3-5-15(30)10-8-13/h1-2,6-7,9,11-13H,3-5,8,10H2,(H,26,27)(H,28,29). The van der Waals surface area contributed by atoms with Crippen LogP contribution in [-0.4, -0.2) is 20.7 Å². The number of pyridine rings is 1. The van der Waals surface area contributed by atoms with E-state index < -0.39 is 0 Å². The van der Waals surface area contributed by atoms with Crippen molar-refractivity contribution in [3.63, 3.8) is 0 Å². The molecule has 1 atom stereocenters. The van der Waals surface area contributed by atoms with Crippen LogP contribution in [0.5, 0.6) is 0 Å². The number of Topliss-reactive ketones (excluding diaryl/α,β-unsaturated/α-hetero) is 1. The second-order valence-electron chi connectivity index (χ2n) is 7.74. The van der Waals surface area contributed by atoms with Gasteiger partial charge < -0.3 is 10.3 Å². The lowest BCUT2D eigenvalue weighted by atomic mass is 10.00. The van der Waals surface area contributed by atoms with Crippen LogP contribution in [0.4, 0.5) is 11.5 Å². The van der Waals surface area contributed by atoms with Crippen LogP contribution in [0.2, 0.25) is 10.0 Å². The van der Waals surface area contributed by atoms with Gasteiger partial charge in [0.25, 0.3) is 0 Å². The number of ketones is 1. The number of carbonyl (C=O) groups excluding carboxylic acids is 1. The predicted molar refractivity (Wildman–Crippen MR) is 122 cm³/mol. The maximum atomic E-state index is 11.8. The van der Waals surface area contributed by atoms with Crippen molar-refractivity contribution in [3.05, 3.63) is 58.3 Å².